The fourth-order valence-electron chi connectivity index (χ4n) is 3.35. The van der Waals surface area contributed by atoms with Crippen molar-refractivity contribution in [2.24, 2.45) is 5.10 Å². The number of rotatable bonds is 2. The molecule has 1 fully saturated rings. The van der Waals surface area contributed by atoms with Gasteiger partial charge in [-0.05, 0) is 61.2 Å². The highest BCUT2D eigenvalue weighted by Gasteiger charge is 2.12. The van der Waals surface area contributed by atoms with E-state index < -0.39 is 0 Å². The molecular weight excluding hydrogens is 338 g/mol. The van der Waals surface area contributed by atoms with E-state index in [-0.39, 0.29) is 6.03 Å². The van der Waals surface area contributed by atoms with E-state index in [1.165, 1.54) is 19.3 Å². The van der Waals surface area contributed by atoms with Gasteiger partial charge in [-0.2, -0.15) is 5.10 Å². The Morgan fingerprint density at radius 1 is 0.963 bits per heavy atom. The maximum atomic E-state index is 12.4. The minimum Gasteiger partial charge on any atom is -0.371 e. The highest BCUT2D eigenvalue weighted by atomic mass is 16.2. The Morgan fingerprint density at radius 2 is 1.81 bits per heavy atom. The number of para-hydroxylation sites is 1. The fraction of sp³-hybridized carbons (Fsp3) is 0.238. The number of anilines is 3. The lowest BCUT2D eigenvalue weighted by Gasteiger charge is -2.29. The molecule has 0 aliphatic carbocycles. The molecule has 1 saturated heterocycles. The summed E-state index contributed by atoms with van der Waals surface area (Å²) in [6, 6.07) is 15.5. The molecule has 0 bridgehead atoms. The summed E-state index contributed by atoms with van der Waals surface area (Å²) in [7, 11) is 0. The van der Waals surface area contributed by atoms with Crippen LogP contribution in [0, 0.1) is 0 Å². The fourth-order valence-corrected chi connectivity index (χ4v) is 3.35. The number of hydrogen-bond acceptors (Lipinski definition) is 4. The predicted octanol–water partition coefficient (Wildman–Crippen LogP) is 4.25. The summed E-state index contributed by atoms with van der Waals surface area (Å²) in [6.45, 7) is 2.15. The van der Waals surface area contributed by atoms with Gasteiger partial charge < -0.3 is 10.2 Å². The summed E-state index contributed by atoms with van der Waals surface area (Å²) >= 11 is 0. The first-order chi connectivity index (χ1) is 13.3. The first-order valence-corrected chi connectivity index (χ1v) is 9.32. The van der Waals surface area contributed by atoms with Crippen LogP contribution in [0.1, 0.15) is 24.8 Å². The van der Waals surface area contributed by atoms with E-state index in [4.69, 9.17) is 0 Å². The van der Waals surface area contributed by atoms with Gasteiger partial charge in [0.05, 0.1) is 5.69 Å². The molecule has 6 heteroatoms. The largest absolute Gasteiger partial charge is 0.371 e. The van der Waals surface area contributed by atoms with Gasteiger partial charge in [0.15, 0.2) is 5.84 Å². The number of hydrogen-bond donors (Lipinski definition) is 3. The second kappa shape index (κ2) is 7.95. The van der Waals surface area contributed by atoms with Crippen LogP contribution in [0.3, 0.4) is 0 Å². The van der Waals surface area contributed by atoms with E-state index >= 15 is 0 Å². The second-order valence-electron chi connectivity index (χ2n) is 6.71. The van der Waals surface area contributed by atoms with Gasteiger partial charge in [-0.3, -0.25) is 10.7 Å². The number of hydrazone groups is 1. The zero-order valence-electron chi connectivity index (χ0n) is 15.1. The molecule has 0 spiro atoms. The number of carbonyl (C=O) groups is 1. The SMILES string of the molecule is O=C(NC1=NNc2ccccc2C=C1)Nc1cccc(N2CCCCC2)c1. The third-order valence-corrected chi connectivity index (χ3v) is 4.75. The van der Waals surface area contributed by atoms with E-state index in [1.807, 2.05) is 48.5 Å². The molecule has 0 aromatic heterocycles. The molecule has 2 aliphatic heterocycles. The maximum absolute atomic E-state index is 12.4. The van der Waals surface area contributed by atoms with E-state index in [9.17, 15) is 4.79 Å². The van der Waals surface area contributed by atoms with Crippen molar-refractivity contribution in [3.05, 3.63) is 60.2 Å². The van der Waals surface area contributed by atoms with Crippen LogP contribution in [0.25, 0.3) is 6.08 Å². The summed E-state index contributed by atoms with van der Waals surface area (Å²) in [5.41, 5.74) is 6.81. The number of amides is 2. The molecule has 6 nitrogen and oxygen atoms in total. The minimum absolute atomic E-state index is 0.318. The smallest absolute Gasteiger partial charge is 0.324 e. The lowest BCUT2D eigenvalue weighted by atomic mass is 10.1. The first kappa shape index (κ1) is 17.1. The standard InChI is InChI=1S/C21H23N5O/c27-21(23-20-12-11-16-7-2-3-10-19(16)24-25-20)22-17-8-6-9-18(15-17)26-13-4-1-5-14-26/h2-3,6-12,15,24H,1,4-5,13-14H2,(H2,22,23,25,27). The monoisotopic (exact) mass is 361 g/mol. The molecule has 0 saturated carbocycles. The van der Waals surface area contributed by atoms with Crippen molar-refractivity contribution in [2.75, 3.05) is 28.7 Å². The Balaban J connectivity index is 1.39. The Labute approximate surface area is 159 Å². The van der Waals surface area contributed by atoms with Crippen molar-refractivity contribution >= 4 is 35.0 Å². The first-order valence-electron chi connectivity index (χ1n) is 9.32. The number of benzene rings is 2. The van der Waals surface area contributed by atoms with Crippen molar-refractivity contribution in [3.8, 4) is 0 Å². The molecular formula is C21H23N5O. The summed E-state index contributed by atoms with van der Waals surface area (Å²) in [4.78, 5) is 14.7. The van der Waals surface area contributed by atoms with Gasteiger partial charge in [0.2, 0.25) is 0 Å². The van der Waals surface area contributed by atoms with Gasteiger partial charge in [0.1, 0.15) is 0 Å². The average molecular weight is 361 g/mol. The quantitative estimate of drug-likeness (QED) is 0.749. The molecule has 3 N–H and O–H groups in total. The molecule has 2 amide bonds. The third kappa shape index (κ3) is 4.28. The van der Waals surface area contributed by atoms with E-state index in [0.29, 0.717) is 5.84 Å². The number of urea groups is 1. The van der Waals surface area contributed by atoms with Gasteiger partial charge in [-0.1, -0.05) is 24.3 Å². The molecule has 0 unspecified atom stereocenters. The van der Waals surface area contributed by atoms with Gasteiger partial charge >= 0.3 is 6.03 Å². The zero-order chi connectivity index (χ0) is 18.5. The van der Waals surface area contributed by atoms with E-state index in [2.05, 4.69) is 32.1 Å². The Morgan fingerprint density at radius 3 is 2.70 bits per heavy atom. The molecule has 4 rings (SSSR count). The van der Waals surface area contributed by atoms with Crippen LogP contribution in [0.4, 0.5) is 21.9 Å². The zero-order valence-corrected chi connectivity index (χ0v) is 15.1. The molecule has 0 radical (unpaired) electrons. The highest BCUT2D eigenvalue weighted by molar-refractivity contribution is 6.10. The maximum Gasteiger partial charge on any atom is 0.324 e. The van der Waals surface area contributed by atoms with Crippen molar-refractivity contribution in [3.63, 3.8) is 0 Å². The van der Waals surface area contributed by atoms with Crippen molar-refractivity contribution in [2.45, 2.75) is 19.3 Å². The van der Waals surface area contributed by atoms with Crippen LogP contribution >= 0.6 is 0 Å². The number of carbonyl (C=O) groups excluding carboxylic acids is 1. The average Bonchev–Trinajstić information content (AvgIpc) is 2.91. The molecule has 2 aromatic carbocycles. The van der Waals surface area contributed by atoms with Crippen molar-refractivity contribution in [1.29, 1.82) is 0 Å². The summed E-state index contributed by atoms with van der Waals surface area (Å²) in [5, 5.41) is 9.91. The van der Waals surface area contributed by atoms with Crippen molar-refractivity contribution in [1.82, 2.24) is 5.32 Å². The minimum atomic E-state index is -0.318. The lowest BCUT2D eigenvalue weighted by molar-refractivity contribution is 0.256. The number of piperidine rings is 1. The van der Waals surface area contributed by atoms with Crippen LogP contribution < -0.4 is 21.0 Å². The third-order valence-electron chi connectivity index (χ3n) is 4.75. The summed E-state index contributed by atoms with van der Waals surface area (Å²) in [5.74, 6) is 0.455. The molecule has 138 valence electrons. The Bertz CT molecular complexity index is 884. The van der Waals surface area contributed by atoms with Crippen LogP contribution in [0.2, 0.25) is 0 Å². The van der Waals surface area contributed by atoms with Crippen molar-refractivity contribution < 1.29 is 4.79 Å². The molecule has 2 aliphatic rings. The van der Waals surface area contributed by atoms with Gasteiger partial charge in [0.25, 0.3) is 0 Å². The number of nitrogens with one attached hydrogen (secondary N) is 3. The topological polar surface area (TPSA) is 68.8 Å². The molecule has 2 heterocycles. The molecule has 0 atom stereocenters. The summed E-state index contributed by atoms with van der Waals surface area (Å²) < 4.78 is 0. The lowest BCUT2D eigenvalue weighted by Crippen LogP contribution is -2.34. The normalized spacial score (nSPS) is 15.9. The number of fused-ring (bicyclic) bond motifs is 1. The van der Waals surface area contributed by atoms with Gasteiger partial charge in [0, 0.05) is 24.5 Å². The van der Waals surface area contributed by atoms with Crippen LogP contribution in [-0.4, -0.2) is 25.0 Å². The Kier molecular flexibility index (Phi) is 5.05. The van der Waals surface area contributed by atoms with Crippen LogP contribution in [0.5, 0.6) is 0 Å². The van der Waals surface area contributed by atoms with Crippen LogP contribution in [-0.2, 0) is 0 Å². The number of amidine groups is 1. The van der Waals surface area contributed by atoms with E-state index in [1.54, 1.807) is 6.08 Å². The van der Waals surface area contributed by atoms with Gasteiger partial charge in [-0.25, -0.2) is 4.79 Å². The van der Waals surface area contributed by atoms with Gasteiger partial charge in [-0.15, -0.1) is 0 Å². The van der Waals surface area contributed by atoms with Crippen LogP contribution in [0.15, 0.2) is 59.7 Å². The second-order valence-corrected chi connectivity index (χ2v) is 6.71. The Hall–Kier alpha value is -3.28. The molecule has 2 aromatic rings. The predicted molar refractivity (Wildman–Crippen MR) is 111 cm³/mol. The summed E-state index contributed by atoms with van der Waals surface area (Å²) in [6.07, 6.45) is 7.44. The van der Waals surface area contributed by atoms with E-state index in [0.717, 1.165) is 35.7 Å². The highest BCUT2D eigenvalue weighted by Crippen LogP contribution is 2.23. The number of nitrogens with zero attached hydrogens (tertiary/aromatic N) is 2. The molecule has 27 heavy (non-hydrogen) atoms.